The zero-order valence-corrected chi connectivity index (χ0v) is 14.5. The molecule has 1 amide bonds. The molecule has 0 unspecified atom stereocenters. The minimum Gasteiger partial charge on any atom is -0.338 e. The first-order valence-electron chi connectivity index (χ1n) is 5.32. The predicted molar refractivity (Wildman–Crippen MR) is 87.4 cm³/mol. The molecule has 0 spiro atoms. The highest BCUT2D eigenvalue weighted by atomic mass is 79.9. The number of carbonyl (C=O) groups excluding carboxylic acids is 1. The predicted octanol–water partition coefficient (Wildman–Crippen LogP) is 3.87. The molecule has 3 rings (SSSR count). The Bertz CT molecular complexity index is 794. The number of amidine groups is 1. The summed E-state index contributed by atoms with van der Waals surface area (Å²) in [5, 5.41) is 12.4. The molecule has 0 radical (unpaired) electrons. The molecular weight excluding hydrogens is 452 g/mol. The molecule has 108 valence electrons. The highest BCUT2D eigenvalue weighted by molar-refractivity contribution is 9.13. The minimum atomic E-state index is -0.764. The lowest BCUT2D eigenvalue weighted by atomic mass is 10.1. The van der Waals surface area contributed by atoms with Gasteiger partial charge in [-0.15, -0.1) is 0 Å². The van der Waals surface area contributed by atoms with Gasteiger partial charge in [0.1, 0.15) is 22.5 Å². The molecule has 0 aromatic heterocycles. The fraction of sp³-hybridized carbons (Fsp3) is 0. The number of hydrogen-bond donors (Lipinski definition) is 3. The standard InChI is InChI=1S/C11H3Br2F2N3OS2/c12-3-4(13)6(15)2-1(5(3)14)7(17-9(2)16)8-10(20)18-11(19)21-8/h(H2,16,17)(H,18,19,20)/b8-7+. The Labute approximate surface area is 143 Å². The van der Waals surface area contributed by atoms with Crippen LogP contribution in [-0.4, -0.2) is 16.1 Å². The first-order valence-corrected chi connectivity index (χ1v) is 8.13. The van der Waals surface area contributed by atoms with Gasteiger partial charge in [0.15, 0.2) is 0 Å². The second-order valence-corrected chi connectivity index (χ2v) is 7.03. The van der Waals surface area contributed by atoms with Crippen LogP contribution in [0.15, 0.2) is 13.9 Å². The summed E-state index contributed by atoms with van der Waals surface area (Å²) in [4.78, 5) is 11.7. The molecular formula is C11H3Br2F2N3OS2. The van der Waals surface area contributed by atoms with E-state index >= 15 is 0 Å². The number of carbonyl (C=O) groups is 1. The fourth-order valence-corrected chi connectivity index (χ4v) is 3.87. The second-order valence-electron chi connectivity index (χ2n) is 4.05. The van der Waals surface area contributed by atoms with Crippen molar-refractivity contribution in [3.63, 3.8) is 0 Å². The Morgan fingerprint density at radius 2 is 1.67 bits per heavy atom. The normalized spacial score (nSPS) is 20.7. The summed E-state index contributed by atoms with van der Waals surface area (Å²) < 4.78 is 28.5. The van der Waals surface area contributed by atoms with Crippen molar-refractivity contribution < 1.29 is 13.6 Å². The highest BCUT2D eigenvalue weighted by Gasteiger charge is 2.37. The van der Waals surface area contributed by atoms with Crippen molar-refractivity contribution in [1.29, 1.82) is 5.41 Å². The number of thioether (sulfide) groups is 1. The van der Waals surface area contributed by atoms with Gasteiger partial charge in [-0.1, -0.05) is 12.2 Å². The van der Waals surface area contributed by atoms with Crippen LogP contribution in [-0.2, 0) is 0 Å². The molecule has 1 aromatic carbocycles. The summed E-state index contributed by atoms with van der Waals surface area (Å²) in [6.07, 6.45) is 0. The molecule has 0 saturated carbocycles. The molecule has 1 aromatic rings. The van der Waals surface area contributed by atoms with Crippen LogP contribution in [0.4, 0.5) is 13.6 Å². The monoisotopic (exact) mass is 453 g/mol. The number of thiocarbonyl (C=S) groups is 1. The van der Waals surface area contributed by atoms with Gasteiger partial charge >= 0.3 is 0 Å². The van der Waals surface area contributed by atoms with Crippen LogP contribution >= 0.6 is 55.8 Å². The average molecular weight is 455 g/mol. The minimum absolute atomic E-state index is 0.0958. The largest absolute Gasteiger partial charge is 0.338 e. The van der Waals surface area contributed by atoms with E-state index in [4.69, 9.17) is 17.6 Å². The van der Waals surface area contributed by atoms with Crippen LogP contribution in [0, 0.1) is 17.0 Å². The number of rotatable bonds is 0. The van der Waals surface area contributed by atoms with Gasteiger partial charge in [-0.3, -0.25) is 10.2 Å². The zero-order valence-electron chi connectivity index (χ0n) is 9.74. The van der Waals surface area contributed by atoms with Gasteiger partial charge in [0.2, 0.25) is 0 Å². The lowest BCUT2D eigenvalue weighted by molar-refractivity contribution is 0.265. The van der Waals surface area contributed by atoms with Gasteiger partial charge in [0.05, 0.1) is 30.7 Å². The van der Waals surface area contributed by atoms with Gasteiger partial charge < -0.3 is 10.6 Å². The summed E-state index contributed by atoms with van der Waals surface area (Å²) >= 11 is 11.7. The van der Waals surface area contributed by atoms with E-state index in [0.29, 0.717) is 0 Å². The zero-order chi connectivity index (χ0) is 15.5. The van der Waals surface area contributed by atoms with E-state index in [1.807, 2.05) is 0 Å². The van der Waals surface area contributed by atoms with Gasteiger partial charge in [-0.2, -0.15) is 0 Å². The van der Waals surface area contributed by atoms with Crippen LogP contribution in [0.1, 0.15) is 11.1 Å². The van der Waals surface area contributed by atoms with Gasteiger partial charge in [-0.25, -0.2) is 8.78 Å². The second kappa shape index (κ2) is 5.11. The van der Waals surface area contributed by atoms with Gasteiger partial charge in [-0.05, 0) is 43.6 Å². The highest BCUT2D eigenvalue weighted by Crippen LogP contribution is 2.42. The van der Waals surface area contributed by atoms with E-state index in [-0.39, 0.29) is 41.5 Å². The third-order valence-corrected chi connectivity index (χ3v) is 6.22. The van der Waals surface area contributed by atoms with Crippen LogP contribution in [0.25, 0.3) is 5.70 Å². The molecule has 0 bridgehead atoms. The van der Waals surface area contributed by atoms with E-state index in [1.54, 1.807) is 0 Å². The lowest BCUT2D eigenvalue weighted by Gasteiger charge is -2.08. The maximum absolute atomic E-state index is 14.5. The van der Waals surface area contributed by atoms with E-state index in [9.17, 15) is 13.6 Å². The molecule has 21 heavy (non-hydrogen) atoms. The molecule has 2 aliphatic heterocycles. The number of amides is 1. The van der Waals surface area contributed by atoms with Crippen molar-refractivity contribution in [2.75, 3.05) is 0 Å². The van der Waals surface area contributed by atoms with E-state index < -0.39 is 16.9 Å². The average Bonchev–Trinajstić information content (AvgIpc) is 2.93. The topological polar surface area (TPSA) is 65.0 Å². The van der Waals surface area contributed by atoms with Crippen molar-refractivity contribution in [3.05, 3.63) is 36.6 Å². The van der Waals surface area contributed by atoms with Crippen LogP contribution in [0.3, 0.4) is 0 Å². The van der Waals surface area contributed by atoms with Crippen LogP contribution < -0.4 is 10.6 Å². The summed E-state index contributed by atoms with van der Waals surface area (Å²) in [5.74, 6) is -1.79. The molecule has 0 atom stereocenters. The fourth-order valence-electron chi connectivity index (χ4n) is 2.00. The lowest BCUT2D eigenvalue weighted by Crippen LogP contribution is -2.19. The number of benzene rings is 1. The molecule has 2 aliphatic rings. The number of fused-ring (bicyclic) bond motifs is 1. The maximum Gasteiger partial charge on any atom is 0.289 e. The Morgan fingerprint density at radius 1 is 1.10 bits per heavy atom. The first-order chi connectivity index (χ1) is 9.82. The summed E-state index contributed by atoms with van der Waals surface area (Å²) in [5.41, 5.74) is -0.199. The first kappa shape index (κ1) is 15.1. The van der Waals surface area contributed by atoms with E-state index in [2.05, 4.69) is 42.5 Å². The molecule has 0 aliphatic carbocycles. The third-order valence-electron chi connectivity index (χ3n) is 2.86. The molecule has 1 saturated heterocycles. The number of halogens is 4. The molecule has 1 fully saturated rings. The number of hydrogen-bond acceptors (Lipinski definition) is 4. The Kier molecular flexibility index (Phi) is 3.67. The molecule has 4 nitrogen and oxygen atoms in total. The van der Waals surface area contributed by atoms with Crippen molar-refractivity contribution in [2.24, 2.45) is 0 Å². The van der Waals surface area contributed by atoms with Crippen LogP contribution in [0.2, 0.25) is 0 Å². The third kappa shape index (κ3) is 2.16. The molecule has 2 heterocycles. The van der Waals surface area contributed by atoms with Crippen LogP contribution in [0.5, 0.6) is 0 Å². The maximum atomic E-state index is 14.5. The van der Waals surface area contributed by atoms with E-state index in [0.717, 1.165) is 11.8 Å². The smallest absolute Gasteiger partial charge is 0.289 e. The quantitative estimate of drug-likeness (QED) is 0.241. The molecule has 10 heteroatoms. The van der Waals surface area contributed by atoms with Crippen molar-refractivity contribution in [1.82, 2.24) is 10.6 Å². The Hall–Kier alpha value is -0.840. The molecule has 3 N–H and O–H groups in total. The Balaban J connectivity index is 2.36. The van der Waals surface area contributed by atoms with Gasteiger partial charge in [0.25, 0.3) is 5.24 Å². The summed E-state index contributed by atoms with van der Waals surface area (Å²) in [7, 11) is 0. The van der Waals surface area contributed by atoms with E-state index in [1.165, 1.54) is 0 Å². The van der Waals surface area contributed by atoms with Gasteiger partial charge in [0, 0.05) is 0 Å². The van der Waals surface area contributed by atoms with Crippen molar-refractivity contribution in [2.45, 2.75) is 0 Å². The van der Waals surface area contributed by atoms with Crippen molar-refractivity contribution in [3.8, 4) is 0 Å². The SMILES string of the molecule is N=C1N/C(=C2/SC(=O)NC2=S)c2c(F)c(Br)c(Br)c(F)c21. The van der Waals surface area contributed by atoms with Crippen molar-refractivity contribution >= 4 is 77.6 Å². The Morgan fingerprint density at radius 3 is 2.19 bits per heavy atom. The summed E-state index contributed by atoms with van der Waals surface area (Å²) in [6, 6.07) is 0. The summed E-state index contributed by atoms with van der Waals surface area (Å²) in [6.45, 7) is 0. The number of nitrogens with one attached hydrogen (secondary N) is 3.